The molecule has 178 valence electrons. The Hall–Kier alpha value is -2.14. The zero-order valence-electron chi connectivity index (χ0n) is 15.2. The van der Waals surface area contributed by atoms with Crippen molar-refractivity contribution in [1.29, 1.82) is 0 Å². The molecule has 0 bridgehead atoms. The molecule has 0 aromatic carbocycles. The highest BCUT2D eigenvalue weighted by molar-refractivity contribution is 7.66. The molecular formula is C10H14N5O14P3. The van der Waals surface area contributed by atoms with Crippen molar-refractivity contribution in [2.75, 3.05) is 12.3 Å². The first kappa shape index (κ1) is 26.1. The van der Waals surface area contributed by atoms with E-state index in [1.807, 2.05) is 0 Å². The number of aromatic nitrogens is 4. The first-order chi connectivity index (χ1) is 14.7. The first-order valence-electron chi connectivity index (χ1n) is 7.73. The minimum absolute atomic E-state index is 0.00882. The Bertz CT molecular complexity index is 1200. The molecule has 2 aromatic heterocycles. The summed E-state index contributed by atoms with van der Waals surface area (Å²) in [5.74, 6) is -0.325. The van der Waals surface area contributed by atoms with Crippen molar-refractivity contribution in [3.05, 3.63) is 16.7 Å². The summed E-state index contributed by atoms with van der Waals surface area (Å²) in [6, 6.07) is 0. The summed E-state index contributed by atoms with van der Waals surface area (Å²) in [5, 5.41) is 0. The molecule has 2 heterocycles. The number of nitrogens with zero attached hydrogens (tertiary/aromatic N) is 3. The van der Waals surface area contributed by atoms with Crippen LogP contribution in [0.3, 0.4) is 0 Å². The molecule has 7 N–H and O–H groups in total. The number of nitrogens with one attached hydrogen (secondary N) is 1. The van der Waals surface area contributed by atoms with Gasteiger partial charge in [0.1, 0.15) is 6.10 Å². The number of nitrogens with two attached hydrogens (primary N) is 1. The topological polar surface area (TPSA) is 293 Å². The molecule has 0 aliphatic heterocycles. The summed E-state index contributed by atoms with van der Waals surface area (Å²) in [5.41, 5.74) is 4.24. The molecule has 0 aliphatic rings. The second kappa shape index (κ2) is 9.78. The van der Waals surface area contributed by atoms with Gasteiger partial charge in [-0.1, -0.05) is 0 Å². The molecule has 0 saturated heterocycles. The highest BCUT2D eigenvalue weighted by Gasteiger charge is 2.41. The number of hydrogen-bond acceptors (Lipinski definition) is 13. The van der Waals surface area contributed by atoms with Gasteiger partial charge in [-0.2, -0.15) is 13.6 Å². The Morgan fingerprint density at radius 1 is 1.12 bits per heavy atom. The van der Waals surface area contributed by atoms with Gasteiger partial charge >= 0.3 is 23.5 Å². The van der Waals surface area contributed by atoms with Crippen LogP contribution in [0.1, 0.15) is 6.23 Å². The standard InChI is InChI=1S/C10H14N5O14P3/c11-10-13-8-7(9(18)14-10)12-4-15(8)6(2-17)27-5(1-16)3-26-31(22,23)29-32(24,25)28-30(19,20)21/h1-2,4-6H,3H2,(H,22,23)(H,24,25)(H2,19,20,21)(H3,11,13,14,18)/t5-,6+/m0/s1. The Kier molecular flexibility index (Phi) is 7.98. The maximum absolute atomic E-state index is 11.8. The van der Waals surface area contributed by atoms with Gasteiger partial charge in [0.25, 0.3) is 5.56 Å². The molecule has 0 amide bonds. The number of ether oxygens (including phenoxy) is 1. The number of carbonyl (C=O) groups is 2. The van der Waals surface area contributed by atoms with Crippen LogP contribution in [-0.2, 0) is 41.2 Å². The molecule has 22 heteroatoms. The van der Waals surface area contributed by atoms with Crippen molar-refractivity contribution in [3.8, 4) is 0 Å². The van der Waals surface area contributed by atoms with Crippen molar-refractivity contribution in [3.63, 3.8) is 0 Å². The third-order valence-electron chi connectivity index (χ3n) is 3.13. The fourth-order valence-electron chi connectivity index (χ4n) is 2.05. The number of phosphoric acid groups is 3. The van der Waals surface area contributed by atoms with E-state index in [-0.39, 0.29) is 29.7 Å². The molecule has 2 unspecified atom stereocenters. The van der Waals surface area contributed by atoms with E-state index in [0.29, 0.717) is 0 Å². The Balaban J connectivity index is 2.13. The van der Waals surface area contributed by atoms with Gasteiger partial charge in [-0.3, -0.25) is 23.7 Å². The molecule has 0 radical (unpaired) electrons. The average molecular weight is 521 g/mol. The van der Waals surface area contributed by atoms with E-state index in [4.69, 9.17) is 25.2 Å². The van der Waals surface area contributed by atoms with Crippen LogP contribution >= 0.6 is 23.5 Å². The van der Waals surface area contributed by atoms with Crippen LogP contribution in [0.2, 0.25) is 0 Å². The number of rotatable bonds is 12. The summed E-state index contributed by atoms with van der Waals surface area (Å²) in [6.45, 7) is -1.15. The molecule has 19 nitrogen and oxygen atoms in total. The van der Waals surface area contributed by atoms with Gasteiger partial charge in [-0.25, -0.2) is 18.7 Å². The lowest BCUT2D eigenvalue weighted by atomic mass is 10.4. The third-order valence-corrected chi connectivity index (χ3v) is 6.93. The molecule has 2 aromatic rings. The van der Waals surface area contributed by atoms with Gasteiger partial charge in [-0.05, 0) is 0 Å². The maximum atomic E-state index is 11.8. The van der Waals surface area contributed by atoms with Crippen LogP contribution < -0.4 is 11.3 Å². The van der Waals surface area contributed by atoms with Gasteiger partial charge < -0.3 is 34.8 Å². The predicted molar refractivity (Wildman–Crippen MR) is 98.4 cm³/mol. The normalized spacial score (nSPS) is 17.9. The molecule has 4 atom stereocenters. The average Bonchev–Trinajstić information content (AvgIpc) is 3.03. The fraction of sp³-hybridized carbons (Fsp3) is 0.300. The first-order valence-corrected chi connectivity index (χ1v) is 12.3. The Morgan fingerprint density at radius 2 is 1.78 bits per heavy atom. The van der Waals surface area contributed by atoms with Crippen LogP contribution in [0.25, 0.3) is 11.2 Å². The second-order valence-corrected chi connectivity index (χ2v) is 9.92. The van der Waals surface area contributed by atoms with Gasteiger partial charge in [0.05, 0.1) is 12.9 Å². The maximum Gasteiger partial charge on any atom is 0.490 e. The summed E-state index contributed by atoms with van der Waals surface area (Å²) >= 11 is 0. The number of anilines is 1. The zero-order chi connectivity index (χ0) is 24.3. The van der Waals surface area contributed by atoms with E-state index in [2.05, 4.69) is 28.1 Å². The van der Waals surface area contributed by atoms with Crippen LogP contribution in [0, 0.1) is 0 Å². The van der Waals surface area contributed by atoms with E-state index in [1.165, 1.54) is 0 Å². The largest absolute Gasteiger partial charge is 0.490 e. The minimum atomic E-state index is -5.77. The highest BCUT2D eigenvalue weighted by atomic mass is 31.3. The van der Waals surface area contributed by atoms with Crippen LogP contribution in [0.4, 0.5) is 5.95 Å². The number of H-pyrrole nitrogens is 1. The lowest BCUT2D eigenvalue weighted by Crippen LogP contribution is -2.27. The van der Waals surface area contributed by atoms with Crippen LogP contribution in [0.15, 0.2) is 11.1 Å². The van der Waals surface area contributed by atoms with Crippen molar-refractivity contribution in [1.82, 2.24) is 19.5 Å². The van der Waals surface area contributed by atoms with Gasteiger partial charge in [0.15, 0.2) is 30.0 Å². The number of carbonyl (C=O) groups excluding carboxylic acids is 2. The summed E-state index contributed by atoms with van der Waals surface area (Å²) in [6.07, 6.45) is -2.35. The number of phosphoric ester groups is 1. The Morgan fingerprint density at radius 3 is 2.34 bits per heavy atom. The number of hydrogen-bond donors (Lipinski definition) is 6. The van der Waals surface area contributed by atoms with E-state index in [9.17, 15) is 33.0 Å². The smallest absolute Gasteiger partial charge is 0.369 e. The highest BCUT2D eigenvalue weighted by Crippen LogP contribution is 2.66. The molecule has 2 rings (SSSR count). The fourth-order valence-corrected chi connectivity index (χ4v) is 5.08. The van der Waals surface area contributed by atoms with E-state index < -0.39 is 48.0 Å². The minimum Gasteiger partial charge on any atom is -0.369 e. The monoisotopic (exact) mass is 521 g/mol. The van der Waals surface area contributed by atoms with E-state index in [0.717, 1.165) is 10.9 Å². The number of nitrogen functional groups attached to an aromatic ring is 1. The van der Waals surface area contributed by atoms with Gasteiger partial charge in [0, 0.05) is 0 Å². The van der Waals surface area contributed by atoms with Gasteiger partial charge in [-0.15, -0.1) is 0 Å². The lowest BCUT2D eigenvalue weighted by molar-refractivity contribution is -0.139. The quantitative estimate of drug-likeness (QED) is 0.134. The van der Waals surface area contributed by atoms with Gasteiger partial charge in [0.2, 0.25) is 5.95 Å². The number of imidazole rings is 1. The number of aromatic amines is 1. The van der Waals surface area contributed by atoms with Crippen molar-refractivity contribution in [2.24, 2.45) is 0 Å². The van der Waals surface area contributed by atoms with E-state index >= 15 is 0 Å². The predicted octanol–water partition coefficient (Wildman–Crippen LogP) is -1.67. The molecule has 0 fully saturated rings. The zero-order valence-corrected chi connectivity index (χ0v) is 17.9. The molecule has 0 aliphatic carbocycles. The molecular weight excluding hydrogens is 507 g/mol. The van der Waals surface area contributed by atoms with Crippen LogP contribution in [-0.4, -0.2) is 64.4 Å². The Labute approximate surface area is 175 Å². The van der Waals surface area contributed by atoms with E-state index in [1.54, 1.807) is 0 Å². The number of fused-ring (bicyclic) bond motifs is 1. The number of aldehydes is 2. The van der Waals surface area contributed by atoms with Crippen molar-refractivity contribution >= 4 is 53.2 Å². The van der Waals surface area contributed by atoms with Crippen LogP contribution in [0.5, 0.6) is 0 Å². The summed E-state index contributed by atoms with van der Waals surface area (Å²) < 4.78 is 50.8. The molecule has 0 saturated carbocycles. The third kappa shape index (κ3) is 7.19. The SMILES string of the molecule is Nc1nc2c(ncn2[C@@H](C=O)O[C@@H](C=O)COP(=O)(O)OP(=O)(O)OP(=O)(O)O)c(=O)[nH]1. The van der Waals surface area contributed by atoms with Crippen molar-refractivity contribution in [2.45, 2.75) is 12.3 Å². The second-order valence-electron chi connectivity index (χ2n) is 5.50. The summed E-state index contributed by atoms with van der Waals surface area (Å²) in [4.78, 5) is 79.4. The molecule has 0 spiro atoms. The molecule has 32 heavy (non-hydrogen) atoms. The van der Waals surface area contributed by atoms with Crippen molar-refractivity contribution < 1.29 is 60.7 Å². The lowest BCUT2D eigenvalue weighted by Gasteiger charge is -2.20. The summed E-state index contributed by atoms with van der Waals surface area (Å²) in [7, 11) is -16.9.